The summed E-state index contributed by atoms with van der Waals surface area (Å²) in [7, 11) is -3.74. The van der Waals surface area contributed by atoms with E-state index in [1.807, 2.05) is 0 Å². The highest BCUT2D eigenvalue weighted by Crippen LogP contribution is 2.27. The van der Waals surface area contributed by atoms with E-state index >= 15 is 0 Å². The standard InChI is InChI=1S/C15H16Cl2FN5O2S2/c16-11-3-1-2-10(14(11)18)9-26-15-20-12(17)8-13(21-15)22-27(24,25)23-6-4-19-5-7-23/h1-3,8,19H,4-7,9H2,(H,20,21,22). The summed E-state index contributed by atoms with van der Waals surface area (Å²) in [6, 6.07) is 6.04. The van der Waals surface area contributed by atoms with Crippen LogP contribution >= 0.6 is 35.0 Å². The van der Waals surface area contributed by atoms with Gasteiger partial charge in [-0.2, -0.15) is 12.7 Å². The van der Waals surface area contributed by atoms with Gasteiger partial charge in [-0.3, -0.25) is 4.72 Å². The lowest BCUT2D eigenvalue weighted by atomic mass is 10.2. The molecule has 2 N–H and O–H groups in total. The number of piperazine rings is 1. The summed E-state index contributed by atoms with van der Waals surface area (Å²) in [6.07, 6.45) is 0. The van der Waals surface area contributed by atoms with E-state index in [4.69, 9.17) is 23.2 Å². The van der Waals surface area contributed by atoms with Gasteiger partial charge in [-0.1, -0.05) is 47.1 Å². The number of nitrogens with one attached hydrogen (secondary N) is 2. The van der Waals surface area contributed by atoms with Crippen LogP contribution in [0.25, 0.3) is 0 Å². The van der Waals surface area contributed by atoms with E-state index in [-0.39, 0.29) is 26.9 Å². The zero-order valence-corrected chi connectivity index (χ0v) is 17.1. The zero-order chi connectivity index (χ0) is 19.4. The molecule has 2 aromatic rings. The van der Waals surface area contributed by atoms with Gasteiger partial charge in [0.1, 0.15) is 16.8 Å². The van der Waals surface area contributed by atoms with Crippen LogP contribution in [0.5, 0.6) is 0 Å². The molecule has 1 saturated heterocycles. The summed E-state index contributed by atoms with van der Waals surface area (Å²) >= 11 is 12.9. The molecule has 1 fully saturated rings. The number of thioether (sulfide) groups is 1. The van der Waals surface area contributed by atoms with Crippen LogP contribution in [0.3, 0.4) is 0 Å². The summed E-state index contributed by atoms with van der Waals surface area (Å²) < 4.78 is 42.6. The minimum Gasteiger partial charge on any atom is -0.314 e. The van der Waals surface area contributed by atoms with Crippen LogP contribution in [0.4, 0.5) is 10.2 Å². The van der Waals surface area contributed by atoms with Crippen molar-refractivity contribution in [3.8, 4) is 0 Å². The SMILES string of the molecule is O=S(=O)(Nc1cc(Cl)nc(SCc2cccc(Cl)c2F)n1)N1CCNCC1. The minimum atomic E-state index is -3.74. The number of nitrogens with zero attached hydrogens (tertiary/aromatic N) is 3. The van der Waals surface area contributed by atoms with Crippen molar-refractivity contribution in [3.63, 3.8) is 0 Å². The van der Waals surface area contributed by atoms with Gasteiger partial charge in [0.2, 0.25) is 0 Å². The Labute approximate surface area is 170 Å². The highest BCUT2D eigenvalue weighted by atomic mass is 35.5. The summed E-state index contributed by atoms with van der Waals surface area (Å²) in [5.41, 5.74) is 0.388. The van der Waals surface area contributed by atoms with E-state index in [0.717, 1.165) is 11.8 Å². The summed E-state index contributed by atoms with van der Waals surface area (Å²) in [5.74, 6) is -0.229. The number of benzene rings is 1. The normalized spacial score (nSPS) is 15.7. The first kappa shape index (κ1) is 20.6. The number of halogens is 3. The third kappa shape index (κ3) is 5.43. The van der Waals surface area contributed by atoms with E-state index in [0.29, 0.717) is 31.7 Å². The maximum absolute atomic E-state index is 14.0. The van der Waals surface area contributed by atoms with E-state index < -0.39 is 16.0 Å². The molecule has 0 saturated carbocycles. The topological polar surface area (TPSA) is 87.2 Å². The van der Waals surface area contributed by atoms with Gasteiger partial charge in [-0.15, -0.1) is 0 Å². The summed E-state index contributed by atoms with van der Waals surface area (Å²) in [6.45, 7) is 1.89. The molecule has 3 rings (SSSR count). The number of rotatable bonds is 6. The molecule has 7 nitrogen and oxygen atoms in total. The molecule has 0 amide bonds. The monoisotopic (exact) mass is 451 g/mol. The van der Waals surface area contributed by atoms with Crippen molar-refractivity contribution in [1.82, 2.24) is 19.6 Å². The van der Waals surface area contributed by atoms with Crippen molar-refractivity contribution in [2.75, 3.05) is 30.9 Å². The van der Waals surface area contributed by atoms with E-state index in [1.54, 1.807) is 12.1 Å². The molecule has 1 aromatic carbocycles. The fraction of sp³-hybridized carbons (Fsp3) is 0.333. The maximum Gasteiger partial charge on any atom is 0.302 e. The van der Waals surface area contributed by atoms with Gasteiger partial charge in [-0.05, 0) is 11.6 Å². The summed E-state index contributed by atoms with van der Waals surface area (Å²) in [5, 5.41) is 3.42. The Hall–Kier alpha value is -1.17. The second-order valence-electron chi connectivity index (χ2n) is 5.62. The van der Waals surface area contributed by atoms with Gasteiger partial charge < -0.3 is 5.32 Å². The van der Waals surface area contributed by atoms with Crippen LogP contribution in [0.15, 0.2) is 29.4 Å². The Morgan fingerprint density at radius 1 is 1.26 bits per heavy atom. The van der Waals surface area contributed by atoms with Gasteiger partial charge in [-0.25, -0.2) is 14.4 Å². The first-order valence-electron chi connectivity index (χ1n) is 7.94. The van der Waals surface area contributed by atoms with Crippen LogP contribution in [-0.2, 0) is 16.0 Å². The van der Waals surface area contributed by atoms with Crippen molar-refractivity contribution >= 4 is 51.0 Å². The summed E-state index contributed by atoms with van der Waals surface area (Å²) in [4.78, 5) is 8.21. The number of aromatic nitrogens is 2. The Bertz CT molecular complexity index is 926. The minimum absolute atomic E-state index is 0.0320. The maximum atomic E-state index is 14.0. The number of hydrogen-bond donors (Lipinski definition) is 2. The second-order valence-corrected chi connectivity index (χ2v) is 9.02. The highest BCUT2D eigenvalue weighted by molar-refractivity contribution is 7.98. The largest absolute Gasteiger partial charge is 0.314 e. The first-order chi connectivity index (χ1) is 12.8. The zero-order valence-electron chi connectivity index (χ0n) is 14.0. The molecule has 2 heterocycles. The van der Waals surface area contributed by atoms with Crippen LogP contribution in [0, 0.1) is 5.82 Å². The molecular formula is C15H16Cl2FN5O2S2. The molecule has 1 aliphatic heterocycles. The predicted octanol–water partition coefficient (Wildman–Crippen LogP) is 2.78. The molecule has 27 heavy (non-hydrogen) atoms. The van der Waals surface area contributed by atoms with Gasteiger partial charge >= 0.3 is 10.2 Å². The average Bonchev–Trinajstić information content (AvgIpc) is 2.63. The van der Waals surface area contributed by atoms with Gasteiger partial charge in [0.05, 0.1) is 5.02 Å². The quantitative estimate of drug-likeness (QED) is 0.398. The first-order valence-corrected chi connectivity index (χ1v) is 11.1. The Morgan fingerprint density at radius 3 is 2.74 bits per heavy atom. The third-order valence-corrected chi connectivity index (χ3v) is 6.61. The van der Waals surface area contributed by atoms with E-state index in [2.05, 4.69) is 20.0 Å². The molecular weight excluding hydrogens is 436 g/mol. The molecule has 0 spiro atoms. The van der Waals surface area contributed by atoms with E-state index in [9.17, 15) is 12.8 Å². The van der Waals surface area contributed by atoms with Crippen molar-refractivity contribution in [3.05, 3.63) is 45.8 Å². The number of hydrogen-bond acceptors (Lipinski definition) is 6. The average molecular weight is 452 g/mol. The smallest absolute Gasteiger partial charge is 0.302 e. The lowest BCUT2D eigenvalue weighted by molar-refractivity contribution is 0.362. The Morgan fingerprint density at radius 2 is 2.00 bits per heavy atom. The van der Waals surface area contributed by atoms with Gasteiger partial charge in [0.25, 0.3) is 0 Å². The van der Waals surface area contributed by atoms with Crippen LogP contribution in [0.1, 0.15) is 5.56 Å². The molecule has 146 valence electrons. The number of anilines is 1. The lowest BCUT2D eigenvalue weighted by Crippen LogP contribution is -2.48. The molecule has 1 aliphatic rings. The fourth-order valence-electron chi connectivity index (χ4n) is 2.40. The van der Waals surface area contributed by atoms with E-state index in [1.165, 1.54) is 16.4 Å². The Balaban J connectivity index is 1.73. The molecule has 0 atom stereocenters. The molecule has 0 radical (unpaired) electrons. The van der Waals surface area contributed by atoms with Crippen molar-refractivity contribution in [1.29, 1.82) is 0 Å². The van der Waals surface area contributed by atoms with Gasteiger partial charge in [0.15, 0.2) is 5.16 Å². The van der Waals surface area contributed by atoms with Crippen LogP contribution < -0.4 is 10.0 Å². The molecule has 1 aromatic heterocycles. The second kappa shape index (κ2) is 8.89. The Kier molecular flexibility index (Phi) is 6.77. The molecule has 0 unspecified atom stereocenters. The predicted molar refractivity (Wildman–Crippen MR) is 105 cm³/mol. The van der Waals surface area contributed by atoms with Crippen LogP contribution in [-0.4, -0.2) is 48.9 Å². The highest BCUT2D eigenvalue weighted by Gasteiger charge is 2.24. The molecule has 12 heteroatoms. The lowest BCUT2D eigenvalue weighted by Gasteiger charge is -2.26. The van der Waals surface area contributed by atoms with Crippen LogP contribution in [0.2, 0.25) is 10.2 Å². The molecule has 0 aliphatic carbocycles. The van der Waals surface area contributed by atoms with Crippen molar-refractivity contribution in [2.24, 2.45) is 0 Å². The fourth-order valence-corrected chi connectivity index (χ4v) is 4.82. The van der Waals surface area contributed by atoms with Crippen molar-refractivity contribution < 1.29 is 12.8 Å². The third-order valence-electron chi connectivity index (χ3n) is 3.71. The van der Waals surface area contributed by atoms with Crippen molar-refractivity contribution in [2.45, 2.75) is 10.9 Å². The molecule has 0 bridgehead atoms. The van der Waals surface area contributed by atoms with Gasteiger partial charge in [0, 0.05) is 38.0 Å².